The minimum atomic E-state index is 0.764. The molecule has 4 heteroatoms. The minimum absolute atomic E-state index is 0.764. The predicted molar refractivity (Wildman–Crippen MR) is 72.5 cm³/mol. The van der Waals surface area contributed by atoms with Crippen molar-refractivity contribution in [1.82, 2.24) is 14.7 Å². The smallest absolute Gasteiger partial charge is 0.0619 e. The van der Waals surface area contributed by atoms with E-state index in [9.17, 15) is 0 Å². The summed E-state index contributed by atoms with van der Waals surface area (Å²) >= 11 is 2.57. The van der Waals surface area contributed by atoms with Crippen LogP contribution in [0.15, 0.2) is 0 Å². The van der Waals surface area contributed by atoms with E-state index in [4.69, 9.17) is 0 Å². The number of hydrogen-bond acceptors (Lipinski definition) is 3. The van der Waals surface area contributed by atoms with Crippen molar-refractivity contribution >= 4 is 22.6 Å². The summed E-state index contributed by atoms with van der Waals surface area (Å²) in [5, 5.41) is 0. The number of hydrogen-bond donors (Lipinski definition) is 0. The molecular weight excluding hydrogens is 301 g/mol. The zero-order valence-electron chi connectivity index (χ0n) is 9.82. The van der Waals surface area contributed by atoms with Gasteiger partial charge < -0.3 is 4.90 Å². The maximum atomic E-state index is 2.63. The van der Waals surface area contributed by atoms with Crippen LogP contribution in [0.3, 0.4) is 0 Å². The van der Waals surface area contributed by atoms with E-state index in [1.807, 2.05) is 0 Å². The average molecular weight is 323 g/mol. The molecule has 2 rings (SSSR count). The zero-order valence-corrected chi connectivity index (χ0v) is 12.0. The lowest BCUT2D eigenvalue weighted by Gasteiger charge is -2.35. The molecule has 2 aliphatic rings. The second-order valence-electron chi connectivity index (χ2n) is 4.93. The van der Waals surface area contributed by atoms with Crippen LogP contribution >= 0.6 is 22.6 Å². The highest BCUT2D eigenvalue weighted by Gasteiger charge is 2.30. The Morgan fingerprint density at radius 3 is 2.27 bits per heavy atom. The summed E-state index contributed by atoms with van der Waals surface area (Å²) in [5.41, 5.74) is 0. The number of likely N-dealkylation sites (tertiary alicyclic amines) is 1. The van der Waals surface area contributed by atoms with Crippen LogP contribution in [0.2, 0.25) is 0 Å². The van der Waals surface area contributed by atoms with Gasteiger partial charge in [0, 0.05) is 38.8 Å². The molecule has 3 nitrogen and oxygen atoms in total. The van der Waals surface area contributed by atoms with E-state index in [0.717, 1.165) is 10.1 Å². The highest BCUT2D eigenvalue weighted by atomic mass is 127. The summed E-state index contributed by atoms with van der Waals surface area (Å²) in [6.45, 7) is 6.28. The standard InChI is InChI=1S/C11H22IN3/c1-13-5-7-15(8-6-13)9-10-3-4-11(12)14(10)2/h10-11H,3-9H2,1-2H3/t10-,11+/m1/s1. The van der Waals surface area contributed by atoms with E-state index in [1.165, 1.54) is 45.6 Å². The molecule has 2 atom stereocenters. The maximum Gasteiger partial charge on any atom is 0.0619 e. The molecule has 0 aromatic heterocycles. The molecule has 0 aromatic rings. The first-order valence-corrected chi connectivity index (χ1v) is 7.18. The number of alkyl halides is 1. The summed E-state index contributed by atoms with van der Waals surface area (Å²) in [4.78, 5) is 7.62. The molecule has 0 spiro atoms. The highest BCUT2D eigenvalue weighted by Crippen LogP contribution is 2.27. The van der Waals surface area contributed by atoms with Gasteiger partial charge in [-0.05, 0) is 26.9 Å². The van der Waals surface area contributed by atoms with Gasteiger partial charge in [-0.3, -0.25) is 9.80 Å². The average Bonchev–Trinajstić information content (AvgIpc) is 2.53. The molecule has 2 aliphatic heterocycles. The van der Waals surface area contributed by atoms with E-state index in [1.54, 1.807) is 0 Å². The van der Waals surface area contributed by atoms with Crippen molar-refractivity contribution in [3.63, 3.8) is 0 Å². The van der Waals surface area contributed by atoms with Crippen molar-refractivity contribution in [2.24, 2.45) is 0 Å². The summed E-state index contributed by atoms with van der Waals surface area (Å²) in [7, 11) is 4.50. The van der Waals surface area contributed by atoms with E-state index in [2.05, 4.69) is 51.4 Å². The fraction of sp³-hybridized carbons (Fsp3) is 1.00. The first-order valence-electron chi connectivity index (χ1n) is 5.93. The molecule has 0 amide bonds. The second kappa shape index (κ2) is 5.29. The van der Waals surface area contributed by atoms with Gasteiger partial charge in [0.2, 0.25) is 0 Å². The van der Waals surface area contributed by atoms with Gasteiger partial charge in [0.05, 0.1) is 4.05 Å². The molecule has 2 saturated heterocycles. The molecule has 0 radical (unpaired) electrons. The molecule has 0 aromatic carbocycles. The Labute approximate surface area is 107 Å². The van der Waals surface area contributed by atoms with E-state index in [0.29, 0.717) is 0 Å². The van der Waals surface area contributed by atoms with Gasteiger partial charge in [-0.1, -0.05) is 22.6 Å². The highest BCUT2D eigenvalue weighted by molar-refractivity contribution is 14.1. The number of rotatable bonds is 2. The Bertz CT molecular complexity index is 204. The lowest BCUT2D eigenvalue weighted by Crippen LogP contribution is -2.49. The van der Waals surface area contributed by atoms with Crippen molar-refractivity contribution in [3.8, 4) is 0 Å². The molecule has 2 fully saturated rings. The quantitative estimate of drug-likeness (QED) is 0.428. The van der Waals surface area contributed by atoms with Crippen LogP contribution in [0, 0.1) is 0 Å². The van der Waals surface area contributed by atoms with E-state index in [-0.39, 0.29) is 0 Å². The van der Waals surface area contributed by atoms with Gasteiger partial charge in [-0.15, -0.1) is 0 Å². The molecule has 15 heavy (non-hydrogen) atoms. The molecule has 0 saturated carbocycles. The fourth-order valence-corrected chi connectivity index (χ4v) is 3.33. The summed E-state index contributed by atoms with van der Waals surface area (Å²) in [6.07, 6.45) is 2.76. The van der Waals surface area contributed by atoms with Gasteiger partial charge >= 0.3 is 0 Å². The Balaban J connectivity index is 1.77. The van der Waals surface area contributed by atoms with Crippen molar-refractivity contribution in [2.45, 2.75) is 22.9 Å². The molecule has 2 heterocycles. The van der Waals surface area contributed by atoms with E-state index >= 15 is 0 Å². The summed E-state index contributed by atoms with van der Waals surface area (Å²) < 4.78 is 0.764. The van der Waals surface area contributed by atoms with Crippen molar-refractivity contribution in [1.29, 1.82) is 0 Å². The molecule has 0 aliphatic carbocycles. The molecule has 0 N–H and O–H groups in total. The number of nitrogens with zero attached hydrogens (tertiary/aromatic N) is 3. The summed E-state index contributed by atoms with van der Waals surface area (Å²) in [6, 6.07) is 0.801. The maximum absolute atomic E-state index is 2.63. The van der Waals surface area contributed by atoms with Gasteiger partial charge in [-0.2, -0.15) is 0 Å². The number of piperazine rings is 1. The van der Waals surface area contributed by atoms with Crippen LogP contribution in [0.4, 0.5) is 0 Å². The van der Waals surface area contributed by atoms with Crippen molar-refractivity contribution in [3.05, 3.63) is 0 Å². The monoisotopic (exact) mass is 323 g/mol. The Morgan fingerprint density at radius 1 is 1.07 bits per heavy atom. The zero-order chi connectivity index (χ0) is 10.8. The summed E-state index contributed by atoms with van der Waals surface area (Å²) in [5.74, 6) is 0. The first-order chi connectivity index (χ1) is 7.16. The van der Waals surface area contributed by atoms with Crippen LogP contribution in [0.25, 0.3) is 0 Å². The normalized spacial score (nSPS) is 36.2. The van der Waals surface area contributed by atoms with Crippen molar-refractivity contribution in [2.75, 3.05) is 46.8 Å². The molecule has 0 unspecified atom stereocenters. The third-order valence-corrected chi connectivity index (χ3v) is 5.32. The minimum Gasteiger partial charge on any atom is -0.304 e. The van der Waals surface area contributed by atoms with Crippen LogP contribution in [-0.4, -0.2) is 71.6 Å². The third kappa shape index (κ3) is 3.05. The fourth-order valence-electron chi connectivity index (χ4n) is 2.51. The first kappa shape index (κ1) is 12.1. The lowest BCUT2D eigenvalue weighted by atomic mass is 10.2. The van der Waals surface area contributed by atoms with E-state index < -0.39 is 0 Å². The molecule has 88 valence electrons. The third-order valence-electron chi connectivity index (χ3n) is 3.82. The van der Waals surface area contributed by atoms with Crippen LogP contribution in [-0.2, 0) is 0 Å². The molecular formula is C11H22IN3. The Morgan fingerprint density at radius 2 is 1.73 bits per heavy atom. The molecule has 0 bridgehead atoms. The van der Waals surface area contributed by atoms with Crippen LogP contribution in [0.1, 0.15) is 12.8 Å². The largest absolute Gasteiger partial charge is 0.304 e. The van der Waals surface area contributed by atoms with Crippen molar-refractivity contribution < 1.29 is 0 Å². The number of likely N-dealkylation sites (N-methyl/N-ethyl adjacent to an activating group) is 2. The lowest BCUT2D eigenvalue weighted by molar-refractivity contribution is 0.123. The Kier molecular flexibility index (Phi) is 4.26. The second-order valence-corrected chi connectivity index (χ2v) is 6.37. The SMILES string of the molecule is CN1CCN(C[C@H]2CC[C@@H](I)N2C)CC1. The van der Waals surface area contributed by atoms with Gasteiger partial charge in [0.15, 0.2) is 0 Å². The Hall–Kier alpha value is 0.610. The van der Waals surface area contributed by atoms with Crippen LogP contribution in [0.5, 0.6) is 0 Å². The number of halogens is 1. The van der Waals surface area contributed by atoms with Gasteiger partial charge in [0.25, 0.3) is 0 Å². The topological polar surface area (TPSA) is 9.72 Å². The van der Waals surface area contributed by atoms with Gasteiger partial charge in [-0.25, -0.2) is 0 Å². The predicted octanol–water partition coefficient (Wildman–Crippen LogP) is 1.09. The van der Waals surface area contributed by atoms with Gasteiger partial charge in [0.1, 0.15) is 0 Å². The van der Waals surface area contributed by atoms with Crippen LogP contribution < -0.4 is 0 Å².